The molecule has 0 saturated carbocycles. The van der Waals surface area contributed by atoms with Gasteiger partial charge in [-0.2, -0.15) is 0 Å². The van der Waals surface area contributed by atoms with Crippen molar-refractivity contribution in [3.8, 4) is 0 Å². The van der Waals surface area contributed by atoms with E-state index >= 15 is 0 Å². The fourth-order valence-corrected chi connectivity index (χ4v) is 4.94. The SMILES string of the molecule is C[C@@H](OC(=O)[C@]12CCC(=O)N1c1ccccc1S2)C(=O)Nc1ccc(C(N)=O)cc1. The van der Waals surface area contributed by atoms with Crippen LogP contribution < -0.4 is 16.0 Å². The van der Waals surface area contributed by atoms with Crippen LogP contribution in [0.5, 0.6) is 0 Å². The third-order valence-electron chi connectivity index (χ3n) is 5.08. The molecule has 4 rings (SSSR count). The summed E-state index contributed by atoms with van der Waals surface area (Å²) < 4.78 is 5.47. The summed E-state index contributed by atoms with van der Waals surface area (Å²) in [6.45, 7) is 1.47. The molecule has 2 aromatic rings. The molecule has 0 radical (unpaired) electrons. The van der Waals surface area contributed by atoms with Gasteiger partial charge in [0.25, 0.3) is 5.91 Å². The van der Waals surface area contributed by atoms with Gasteiger partial charge < -0.3 is 15.8 Å². The zero-order valence-corrected chi connectivity index (χ0v) is 16.9. The summed E-state index contributed by atoms with van der Waals surface area (Å²) in [6.07, 6.45) is -0.527. The van der Waals surface area contributed by atoms with Gasteiger partial charge in [0.05, 0.1) is 5.69 Å². The Labute approximate surface area is 176 Å². The molecule has 0 spiro atoms. The number of thioether (sulfide) groups is 1. The molecule has 8 nitrogen and oxygen atoms in total. The second kappa shape index (κ2) is 7.49. The minimum Gasteiger partial charge on any atom is -0.450 e. The van der Waals surface area contributed by atoms with Crippen LogP contribution in [0.4, 0.5) is 11.4 Å². The molecule has 0 aliphatic carbocycles. The molecule has 3 amide bonds. The number of esters is 1. The lowest BCUT2D eigenvalue weighted by molar-refractivity contribution is -0.155. The van der Waals surface area contributed by atoms with E-state index in [2.05, 4.69) is 5.32 Å². The first-order valence-corrected chi connectivity index (χ1v) is 10.2. The first kappa shape index (κ1) is 20.0. The van der Waals surface area contributed by atoms with Crippen molar-refractivity contribution in [2.75, 3.05) is 10.2 Å². The molecular formula is C21H19N3O5S. The van der Waals surface area contributed by atoms with Gasteiger partial charge >= 0.3 is 5.97 Å². The molecule has 0 unspecified atom stereocenters. The Bertz CT molecular complexity index is 1050. The number of carbonyl (C=O) groups excluding carboxylic acids is 4. The summed E-state index contributed by atoms with van der Waals surface area (Å²) in [5.74, 6) is -1.86. The Morgan fingerprint density at radius 1 is 1.17 bits per heavy atom. The van der Waals surface area contributed by atoms with E-state index in [0.717, 1.165) is 4.90 Å². The van der Waals surface area contributed by atoms with Gasteiger partial charge in [-0.1, -0.05) is 23.9 Å². The second-order valence-corrected chi connectivity index (χ2v) is 8.38. The molecule has 0 bridgehead atoms. The zero-order valence-electron chi connectivity index (χ0n) is 16.1. The van der Waals surface area contributed by atoms with Crippen molar-refractivity contribution in [1.82, 2.24) is 0 Å². The Balaban J connectivity index is 1.46. The summed E-state index contributed by atoms with van der Waals surface area (Å²) in [7, 11) is 0. The quantitative estimate of drug-likeness (QED) is 0.710. The van der Waals surface area contributed by atoms with Crippen LogP contribution >= 0.6 is 11.8 Å². The summed E-state index contributed by atoms with van der Waals surface area (Å²) in [5.41, 5.74) is 6.64. The van der Waals surface area contributed by atoms with Gasteiger partial charge in [0.1, 0.15) is 0 Å². The van der Waals surface area contributed by atoms with Gasteiger partial charge in [-0.15, -0.1) is 0 Å². The molecule has 2 heterocycles. The van der Waals surface area contributed by atoms with Crippen LogP contribution in [-0.2, 0) is 19.1 Å². The van der Waals surface area contributed by atoms with E-state index in [1.54, 1.807) is 6.07 Å². The van der Waals surface area contributed by atoms with Gasteiger partial charge in [0.15, 0.2) is 11.0 Å². The number of para-hydroxylation sites is 1. The van der Waals surface area contributed by atoms with Crippen LogP contribution in [0.15, 0.2) is 53.4 Å². The first-order valence-electron chi connectivity index (χ1n) is 9.35. The largest absolute Gasteiger partial charge is 0.450 e. The van der Waals surface area contributed by atoms with Crippen molar-refractivity contribution in [2.24, 2.45) is 5.73 Å². The number of nitrogens with zero attached hydrogens (tertiary/aromatic N) is 1. The van der Waals surface area contributed by atoms with Crippen molar-refractivity contribution in [3.05, 3.63) is 54.1 Å². The first-order chi connectivity index (χ1) is 14.3. The van der Waals surface area contributed by atoms with Gasteiger partial charge in [-0.25, -0.2) is 4.79 Å². The fourth-order valence-electron chi connectivity index (χ4n) is 3.54. The van der Waals surface area contributed by atoms with Gasteiger partial charge in [0.2, 0.25) is 11.8 Å². The van der Waals surface area contributed by atoms with Crippen LogP contribution in [-0.4, -0.2) is 34.7 Å². The van der Waals surface area contributed by atoms with Crippen LogP contribution in [0.1, 0.15) is 30.1 Å². The number of hydrogen-bond donors (Lipinski definition) is 2. The Kier molecular flexibility index (Phi) is 4.98. The zero-order chi connectivity index (χ0) is 21.5. The van der Waals surface area contributed by atoms with Crippen molar-refractivity contribution in [3.63, 3.8) is 0 Å². The monoisotopic (exact) mass is 425 g/mol. The number of rotatable bonds is 5. The molecule has 30 heavy (non-hydrogen) atoms. The molecule has 2 atom stereocenters. The smallest absolute Gasteiger partial charge is 0.344 e. The number of ether oxygens (including phenoxy) is 1. The predicted octanol–water partition coefficient (Wildman–Crippen LogP) is 2.28. The maximum Gasteiger partial charge on any atom is 0.344 e. The molecule has 2 aliphatic heterocycles. The van der Waals surface area contributed by atoms with E-state index in [1.807, 2.05) is 18.2 Å². The third-order valence-corrected chi connectivity index (χ3v) is 6.54. The van der Waals surface area contributed by atoms with E-state index in [-0.39, 0.29) is 12.3 Å². The van der Waals surface area contributed by atoms with Crippen LogP contribution in [0.3, 0.4) is 0 Å². The highest BCUT2D eigenvalue weighted by Gasteiger charge is 2.58. The summed E-state index contributed by atoms with van der Waals surface area (Å²) in [4.78, 5) is 50.3. The van der Waals surface area contributed by atoms with Crippen LogP contribution in [0.2, 0.25) is 0 Å². The molecule has 0 aromatic heterocycles. The maximum absolute atomic E-state index is 13.1. The highest BCUT2D eigenvalue weighted by atomic mass is 32.2. The highest BCUT2D eigenvalue weighted by Crippen LogP contribution is 2.56. The second-order valence-electron chi connectivity index (χ2n) is 7.06. The maximum atomic E-state index is 13.1. The summed E-state index contributed by atoms with van der Waals surface area (Å²) in [5, 5.41) is 2.63. The van der Waals surface area contributed by atoms with Gasteiger partial charge in [0, 0.05) is 29.0 Å². The van der Waals surface area contributed by atoms with Gasteiger partial charge in [-0.05, 0) is 43.3 Å². The third kappa shape index (κ3) is 3.30. The topological polar surface area (TPSA) is 119 Å². The van der Waals surface area contributed by atoms with Crippen LogP contribution in [0.25, 0.3) is 0 Å². The molecule has 9 heteroatoms. The number of benzene rings is 2. The molecule has 2 aromatic carbocycles. The number of anilines is 2. The standard InChI is InChI=1S/C21H19N3O5S/c1-12(19(27)23-14-8-6-13(7-9-14)18(22)26)29-20(28)21-11-10-17(25)24(21)15-4-2-3-5-16(15)30-21/h2-9,12H,10-11H2,1H3,(H2,22,26)(H,23,27)/t12-,21-/m1/s1. The van der Waals surface area contributed by atoms with E-state index in [4.69, 9.17) is 10.5 Å². The molecular weight excluding hydrogens is 406 g/mol. The van der Waals surface area contributed by atoms with E-state index in [1.165, 1.54) is 47.9 Å². The van der Waals surface area contributed by atoms with Crippen molar-refractivity contribution in [2.45, 2.75) is 35.6 Å². The molecule has 1 saturated heterocycles. The highest BCUT2D eigenvalue weighted by molar-refractivity contribution is 8.02. The number of hydrogen-bond acceptors (Lipinski definition) is 6. The lowest BCUT2D eigenvalue weighted by Crippen LogP contribution is -2.49. The average Bonchev–Trinajstić information content (AvgIpc) is 3.24. The minimum atomic E-state index is -1.18. The van der Waals surface area contributed by atoms with E-state index in [9.17, 15) is 19.2 Å². The van der Waals surface area contributed by atoms with Gasteiger partial charge in [-0.3, -0.25) is 19.3 Å². The van der Waals surface area contributed by atoms with Crippen LogP contribution in [0, 0.1) is 0 Å². The Morgan fingerprint density at radius 3 is 2.57 bits per heavy atom. The lowest BCUT2D eigenvalue weighted by atomic mass is 10.2. The number of primary amides is 1. The normalized spacial score (nSPS) is 20.3. The summed E-state index contributed by atoms with van der Waals surface area (Å²) in [6, 6.07) is 13.4. The van der Waals surface area contributed by atoms with E-state index in [0.29, 0.717) is 23.4 Å². The molecule has 1 fully saturated rings. The fraction of sp³-hybridized carbons (Fsp3) is 0.238. The molecule has 2 aliphatic rings. The number of fused-ring (bicyclic) bond motifs is 3. The Hall–Kier alpha value is -3.33. The number of amides is 3. The lowest BCUT2D eigenvalue weighted by Gasteiger charge is -2.29. The van der Waals surface area contributed by atoms with Crippen molar-refractivity contribution < 1.29 is 23.9 Å². The number of nitrogens with one attached hydrogen (secondary N) is 1. The molecule has 154 valence electrons. The summed E-state index contributed by atoms with van der Waals surface area (Å²) >= 11 is 1.28. The minimum absolute atomic E-state index is 0.143. The molecule has 3 N–H and O–H groups in total. The van der Waals surface area contributed by atoms with E-state index < -0.39 is 28.8 Å². The number of nitrogens with two attached hydrogens (primary N) is 1. The predicted molar refractivity (Wildman–Crippen MR) is 111 cm³/mol. The average molecular weight is 425 g/mol. The van der Waals surface area contributed by atoms with Crippen molar-refractivity contribution >= 4 is 46.8 Å². The number of carbonyl (C=O) groups is 4. The van der Waals surface area contributed by atoms with Crippen molar-refractivity contribution in [1.29, 1.82) is 0 Å². The Morgan fingerprint density at radius 2 is 1.87 bits per heavy atom.